The molecule has 2 rings (SSSR count). The third-order valence-corrected chi connectivity index (χ3v) is 5.43. The molecule has 1 heterocycles. The second-order valence-corrected chi connectivity index (χ2v) is 7.86. The normalized spacial score (nSPS) is 20.6. The number of hydrogen-bond acceptors (Lipinski definition) is 5. The van der Waals surface area contributed by atoms with Crippen molar-refractivity contribution in [3.63, 3.8) is 0 Å². The van der Waals surface area contributed by atoms with Gasteiger partial charge in [-0.3, -0.25) is 4.79 Å². The van der Waals surface area contributed by atoms with Gasteiger partial charge in [0.2, 0.25) is 5.91 Å². The van der Waals surface area contributed by atoms with E-state index in [0.717, 1.165) is 4.47 Å². The number of hydrogen-bond donors (Lipinski definition) is 1. The molecule has 1 amide bonds. The second kappa shape index (κ2) is 6.57. The van der Waals surface area contributed by atoms with Crippen LogP contribution >= 0.6 is 15.9 Å². The minimum Gasteiger partial charge on any atom is -0.496 e. The summed E-state index contributed by atoms with van der Waals surface area (Å²) < 4.78 is 28.7. The first-order valence-corrected chi connectivity index (χ1v) is 8.89. The van der Waals surface area contributed by atoms with Gasteiger partial charge >= 0.3 is 0 Å². The highest BCUT2D eigenvalue weighted by molar-refractivity contribution is 9.10. The lowest BCUT2D eigenvalue weighted by Crippen LogP contribution is -2.27. The monoisotopic (exact) mass is 374 g/mol. The van der Waals surface area contributed by atoms with Gasteiger partial charge in [0, 0.05) is 10.0 Å². The maximum Gasteiger partial charge on any atom is 0.244 e. The van der Waals surface area contributed by atoms with Crippen LogP contribution in [0.3, 0.4) is 0 Å². The van der Waals surface area contributed by atoms with E-state index in [0.29, 0.717) is 17.7 Å². The van der Waals surface area contributed by atoms with Crippen LogP contribution in [0.4, 0.5) is 0 Å². The van der Waals surface area contributed by atoms with Gasteiger partial charge in [0.05, 0.1) is 30.7 Å². The van der Waals surface area contributed by atoms with Gasteiger partial charge in [-0.1, -0.05) is 15.9 Å². The minimum absolute atomic E-state index is 0.0637. The Labute approximate surface area is 131 Å². The maximum atomic E-state index is 11.8. The van der Waals surface area contributed by atoms with Crippen molar-refractivity contribution in [1.82, 2.24) is 5.43 Å². The zero-order chi connectivity index (χ0) is 15.5. The van der Waals surface area contributed by atoms with E-state index >= 15 is 0 Å². The first kappa shape index (κ1) is 16.0. The van der Waals surface area contributed by atoms with Crippen LogP contribution < -0.4 is 10.2 Å². The summed E-state index contributed by atoms with van der Waals surface area (Å²) in [5, 5.41) is 3.86. The van der Waals surface area contributed by atoms with E-state index in [1.807, 2.05) is 6.07 Å². The van der Waals surface area contributed by atoms with Crippen molar-refractivity contribution < 1.29 is 17.9 Å². The van der Waals surface area contributed by atoms with Crippen LogP contribution in [-0.2, 0) is 14.6 Å². The highest BCUT2D eigenvalue weighted by Gasteiger charge is 2.32. The van der Waals surface area contributed by atoms with Crippen molar-refractivity contribution in [3.8, 4) is 5.75 Å². The summed E-state index contributed by atoms with van der Waals surface area (Å²) in [7, 11) is -1.53. The molecule has 1 aromatic rings. The fourth-order valence-electron chi connectivity index (χ4n) is 2.06. The quantitative estimate of drug-likeness (QED) is 0.636. The van der Waals surface area contributed by atoms with E-state index in [-0.39, 0.29) is 17.4 Å². The van der Waals surface area contributed by atoms with Crippen LogP contribution in [0.1, 0.15) is 12.0 Å². The molecule has 114 valence electrons. The number of sulfone groups is 1. The summed E-state index contributed by atoms with van der Waals surface area (Å²) in [4.78, 5) is 11.8. The number of nitrogens with zero attached hydrogens (tertiary/aromatic N) is 1. The fraction of sp³-hybridized carbons (Fsp3) is 0.385. The van der Waals surface area contributed by atoms with Gasteiger partial charge in [0.1, 0.15) is 5.75 Å². The highest BCUT2D eigenvalue weighted by Crippen LogP contribution is 2.21. The van der Waals surface area contributed by atoms with Gasteiger partial charge < -0.3 is 4.74 Å². The van der Waals surface area contributed by atoms with Gasteiger partial charge in [0.25, 0.3) is 0 Å². The number of ether oxygens (including phenoxy) is 1. The second-order valence-electron chi connectivity index (χ2n) is 4.72. The maximum absolute atomic E-state index is 11.8. The van der Waals surface area contributed by atoms with Crippen molar-refractivity contribution in [1.29, 1.82) is 0 Å². The molecule has 1 aliphatic rings. The minimum atomic E-state index is -3.07. The Kier molecular flexibility index (Phi) is 5.00. The van der Waals surface area contributed by atoms with Crippen molar-refractivity contribution in [2.75, 3.05) is 18.6 Å². The number of benzene rings is 1. The molecule has 1 N–H and O–H groups in total. The van der Waals surface area contributed by atoms with Gasteiger partial charge in [-0.25, -0.2) is 13.8 Å². The molecule has 1 saturated heterocycles. The van der Waals surface area contributed by atoms with Crippen LogP contribution in [0, 0.1) is 5.92 Å². The van der Waals surface area contributed by atoms with Crippen LogP contribution in [0.5, 0.6) is 5.75 Å². The van der Waals surface area contributed by atoms with Crippen LogP contribution in [0.15, 0.2) is 27.8 Å². The standard InChI is InChI=1S/C13H15BrN2O4S/c1-20-12-3-2-11(14)6-10(12)7-15-16-13(17)9-4-5-21(18,19)8-9/h2-3,6-7,9H,4-5,8H2,1H3,(H,16,17)/b15-7-/t9-/m0/s1. The predicted molar refractivity (Wildman–Crippen MR) is 83.2 cm³/mol. The van der Waals surface area contributed by atoms with Crippen molar-refractivity contribution in [2.45, 2.75) is 6.42 Å². The summed E-state index contributed by atoms with van der Waals surface area (Å²) in [6.45, 7) is 0. The molecule has 0 radical (unpaired) electrons. The van der Waals surface area contributed by atoms with Gasteiger partial charge in [0.15, 0.2) is 9.84 Å². The fourth-order valence-corrected chi connectivity index (χ4v) is 4.18. The number of amides is 1. The molecule has 0 unspecified atom stereocenters. The summed E-state index contributed by atoms with van der Waals surface area (Å²) in [6, 6.07) is 5.41. The lowest BCUT2D eigenvalue weighted by molar-refractivity contribution is -0.124. The number of methoxy groups -OCH3 is 1. The van der Waals surface area contributed by atoms with E-state index in [1.165, 1.54) is 6.21 Å². The molecule has 21 heavy (non-hydrogen) atoms. The molecular formula is C13H15BrN2O4S. The number of halogens is 1. The lowest BCUT2D eigenvalue weighted by atomic mass is 10.1. The Bertz CT molecular complexity index is 673. The number of rotatable bonds is 4. The van der Waals surface area contributed by atoms with E-state index in [9.17, 15) is 13.2 Å². The number of carbonyl (C=O) groups is 1. The number of nitrogens with one attached hydrogen (secondary N) is 1. The van der Waals surface area contributed by atoms with E-state index in [4.69, 9.17) is 4.74 Å². The molecule has 0 saturated carbocycles. The molecule has 0 spiro atoms. The molecule has 0 aromatic heterocycles. The van der Waals surface area contributed by atoms with Gasteiger partial charge in [-0.15, -0.1) is 0 Å². The highest BCUT2D eigenvalue weighted by atomic mass is 79.9. The predicted octanol–water partition coefficient (Wildman–Crippen LogP) is 1.34. The van der Waals surface area contributed by atoms with Gasteiger partial charge in [-0.2, -0.15) is 5.10 Å². The SMILES string of the molecule is COc1ccc(Br)cc1/C=N\NC(=O)[C@H]1CCS(=O)(=O)C1. The van der Waals surface area contributed by atoms with Crippen molar-refractivity contribution >= 4 is 37.9 Å². The van der Waals surface area contributed by atoms with Crippen LogP contribution in [0.2, 0.25) is 0 Å². The summed E-state index contributed by atoms with van der Waals surface area (Å²) >= 11 is 3.34. The Morgan fingerprint density at radius 1 is 1.52 bits per heavy atom. The van der Waals surface area contributed by atoms with Crippen LogP contribution in [-0.4, -0.2) is 39.2 Å². The Morgan fingerprint density at radius 2 is 2.29 bits per heavy atom. The lowest BCUT2D eigenvalue weighted by Gasteiger charge is -2.06. The van der Waals surface area contributed by atoms with E-state index in [1.54, 1.807) is 19.2 Å². The van der Waals surface area contributed by atoms with Crippen molar-refractivity contribution in [2.24, 2.45) is 11.0 Å². The molecule has 1 aliphatic heterocycles. The summed E-state index contributed by atoms with van der Waals surface area (Å²) in [5.41, 5.74) is 3.08. The molecule has 1 fully saturated rings. The largest absolute Gasteiger partial charge is 0.496 e. The molecule has 1 aromatic carbocycles. The average Bonchev–Trinajstić information content (AvgIpc) is 2.79. The first-order chi connectivity index (χ1) is 9.91. The summed E-state index contributed by atoms with van der Waals surface area (Å²) in [6.07, 6.45) is 1.81. The Morgan fingerprint density at radius 3 is 2.90 bits per heavy atom. The number of carbonyl (C=O) groups excluding carboxylic acids is 1. The van der Waals surface area contributed by atoms with E-state index < -0.39 is 15.8 Å². The molecule has 8 heteroatoms. The zero-order valence-electron chi connectivity index (χ0n) is 11.4. The summed E-state index contributed by atoms with van der Waals surface area (Å²) in [5.74, 6) is -0.305. The Hall–Kier alpha value is -1.41. The Balaban J connectivity index is 2.00. The molecule has 0 bridgehead atoms. The van der Waals surface area contributed by atoms with Gasteiger partial charge in [-0.05, 0) is 24.6 Å². The van der Waals surface area contributed by atoms with E-state index in [2.05, 4.69) is 26.5 Å². The molecule has 1 atom stereocenters. The van der Waals surface area contributed by atoms with Crippen LogP contribution in [0.25, 0.3) is 0 Å². The molecule has 0 aliphatic carbocycles. The first-order valence-electron chi connectivity index (χ1n) is 6.28. The molecule has 6 nitrogen and oxygen atoms in total. The third kappa shape index (κ3) is 4.28. The topological polar surface area (TPSA) is 84.8 Å². The van der Waals surface area contributed by atoms with Crippen molar-refractivity contribution in [3.05, 3.63) is 28.2 Å². The number of hydrazone groups is 1. The smallest absolute Gasteiger partial charge is 0.244 e. The molecular weight excluding hydrogens is 360 g/mol. The zero-order valence-corrected chi connectivity index (χ0v) is 13.8. The third-order valence-electron chi connectivity index (χ3n) is 3.17. The average molecular weight is 375 g/mol.